The Labute approximate surface area is 127 Å². The van der Waals surface area contributed by atoms with Crippen molar-refractivity contribution in [3.05, 3.63) is 24.0 Å². The summed E-state index contributed by atoms with van der Waals surface area (Å²) in [5.74, 6) is 0. The van der Waals surface area contributed by atoms with Gasteiger partial charge in [-0.1, -0.05) is 6.92 Å². The molecule has 1 atom stereocenters. The SMILES string of the molecule is CCc1ccc(N2CCO[C@@H](C(C)(C)NC3CC3)C2)cn1. The average molecular weight is 289 g/mol. The van der Waals surface area contributed by atoms with Crippen LogP contribution in [0.15, 0.2) is 18.3 Å². The molecular formula is C17H27N3O. The van der Waals surface area contributed by atoms with Crippen LogP contribution in [0.25, 0.3) is 0 Å². The summed E-state index contributed by atoms with van der Waals surface area (Å²) in [6.45, 7) is 9.33. The predicted molar refractivity (Wildman–Crippen MR) is 85.8 cm³/mol. The standard InChI is InChI=1S/C17H27N3O/c1-4-13-7-8-15(11-18-13)20-9-10-21-16(12-20)17(2,3)19-14-5-6-14/h7-8,11,14,16,19H,4-6,9-10,12H2,1-3H3/t16-/m1/s1. The van der Waals surface area contributed by atoms with Gasteiger partial charge in [-0.3, -0.25) is 4.98 Å². The van der Waals surface area contributed by atoms with Crippen molar-refractivity contribution in [2.75, 3.05) is 24.6 Å². The van der Waals surface area contributed by atoms with Crippen LogP contribution in [0, 0.1) is 0 Å². The molecule has 0 radical (unpaired) electrons. The van der Waals surface area contributed by atoms with Gasteiger partial charge in [0.15, 0.2) is 0 Å². The Morgan fingerprint density at radius 2 is 2.19 bits per heavy atom. The van der Waals surface area contributed by atoms with Gasteiger partial charge in [0.2, 0.25) is 0 Å². The van der Waals surface area contributed by atoms with Crippen molar-refractivity contribution < 1.29 is 4.74 Å². The molecule has 1 aliphatic heterocycles. The third-order valence-electron chi connectivity index (χ3n) is 4.56. The lowest BCUT2D eigenvalue weighted by Gasteiger charge is -2.42. The summed E-state index contributed by atoms with van der Waals surface area (Å²) in [7, 11) is 0. The van der Waals surface area contributed by atoms with E-state index in [-0.39, 0.29) is 11.6 Å². The summed E-state index contributed by atoms with van der Waals surface area (Å²) >= 11 is 0. The molecule has 1 saturated heterocycles. The minimum absolute atomic E-state index is 0.0244. The van der Waals surface area contributed by atoms with Crippen LogP contribution in [-0.4, -0.2) is 42.4 Å². The summed E-state index contributed by atoms with van der Waals surface area (Å²) in [4.78, 5) is 6.92. The number of nitrogens with one attached hydrogen (secondary N) is 1. The van der Waals surface area contributed by atoms with E-state index in [2.05, 4.69) is 48.1 Å². The first-order valence-corrected chi connectivity index (χ1v) is 8.17. The molecule has 0 amide bonds. The molecule has 1 aliphatic carbocycles. The second-order valence-electron chi connectivity index (χ2n) is 6.81. The molecule has 1 N–H and O–H groups in total. The lowest BCUT2D eigenvalue weighted by molar-refractivity contribution is -0.0134. The van der Waals surface area contributed by atoms with Crippen molar-refractivity contribution >= 4 is 5.69 Å². The number of aryl methyl sites for hydroxylation is 1. The molecule has 3 rings (SSSR count). The highest BCUT2D eigenvalue weighted by molar-refractivity contribution is 5.45. The average Bonchev–Trinajstić information content (AvgIpc) is 3.31. The normalized spacial score (nSPS) is 23.4. The minimum Gasteiger partial charge on any atom is -0.373 e. The van der Waals surface area contributed by atoms with Crippen LogP contribution in [0.3, 0.4) is 0 Å². The predicted octanol–water partition coefficient (Wildman–Crippen LogP) is 2.38. The van der Waals surface area contributed by atoms with E-state index < -0.39 is 0 Å². The maximum absolute atomic E-state index is 6.04. The molecule has 1 aromatic heterocycles. The zero-order valence-corrected chi connectivity index (χ0v) is 13.4. The number of hydrogen-bond donors (Lipinski definition) is 1. The van der Waals surface area contributed by atoms with Crippen molar-refractivity contribution in [2.45, 2.75) is 57.7 Å². The van der Waals surface area contributed by atoms with Crippen LogP contribution in [-0.2, 0) is 11.2 Å². The Balaban J connectivity index is 1.66. The zero-order valence-electron chi connectivity index (χ0n) is 13.4. The van der Waals surface area contributed by atoms with E-state index in [1.807, 2.05) is 6.20 Å². The fraction of sp³-hybridized carbons (Fsp3) is 0.706. The number of nitrogens with zero attached hydrogens (tertiary/aromatic N) is 2. The second-order valence-corrected chi connectivity index (χ2v) is 6.81. The smallest absolute Gasteiger partial charge is 0.0926 e. The molecule has 1 saturated carbocycles. The molecule has 21 heavy (non-hydrogen) atoms. The third kappa shape index (κ3) is 3.55. The van der Waals surface area contributed by atoms with Gasteiger partial charge in [-0.15, -0.1) is 0 Å². The van der Waals surface area contributed by atoms with Gasteiger partial charge in [0, 0.05) is 30.4 Å². The number of ether oxygens (including phenoxy) is 1. The van der Waals surface area contributed by atoms with Gasteiger partial charge in [0.05, 0.1) is 24.6 Å². The summed E-state index contributed by atoms with van der Waals surface area (Å²) in [6, 6.07) is 5.02. The summed E-state index contributed by atoms with van der Waals surface area (Å²) < 4.78 is 6.04. The Kier molecular flexibility index (Phi) is 4.18. The van der Waals surface area contributed by atoms with E-state index in [1.54, 1.807) is 0 Å². The first-order chi connectivity index (χ1) is 10.1. The Bertz CT molecular complexity index is 467. The first-order valence-electron chi connectivity index (χ1n) is 8.17. The highest BCUT2D eigenvalue weighted by Gasteiger charge is 2.38. The number of morpholine rings is 1. The van der Waals surface area contributed by atoms with Gasteiger partial charge in [-0.05, 0) is 45.2 Å². The Morgan fingerprint density at radius 1 is 1.38 bits per heavy atom. The van der Waals surface area contributed by atoms with Crippen molar-refractivity contribution in [2.24, 2.45) is 0 Å². The molecule has 2 fully saturated rings. The largest absolute Gasteiger partial charge is 0.373 e. The minimum atomic E-state index is 0.0244. The highest BCUT2D eigenvalue weighted by Crippen LogP contribution is 2.27. The molecule has 0 aromatic carbocycles. The topological polar surface area (TPSA) is 37.4 Å². The first kappa shape index (κ1) is 14.8. The number of hydrogen-bond acceptors (Lipinski definition) is 4. The van der Waals surface area contributed by atoms with Crippen LogP contribution >= 0.6 is 0 Å². The van der Waals surface area contributed by atoms with Gasteiger partial charge >= 0.3 is 0 Å². The molecule has 2 heterocycles. The molecule has 116 valence electrons. The molecule has 4 nitrogen and oxygen atoms in total. The van der Waals surface area contributed by atoms with Gasteiger partial charge in [-0.25, -0.2) is 0 Å². The Morgan fingerprint density at radius 3 is 2.81 bits per heavy atom. The lowest BCUT2D eigenvalue weighted by atomic mass is 9.95. The van der Waals surface area contributed by atoms with Crippen LogP contribution in [0.2, 0.25) is 0 Å². The third-order valence-corrected chi connectivity index (χ3v) is 4.56. The number of aromatic nitrogens is 1. The maximum atomic E-state index is 6.04. The Hall–Kier alpha value is -1.13. The molecule has 0 spiro atoms. The molecule has 4 heteroatoms. The number of rotatable bonds is 5. The number of pyridine rings is 1. The van der Waals surface area contributed by atoms with E-state index in [0.717, 1.165) is 31.8 Å². The zero-order chi connectivity index (χ0) is 14.9. The molecular weight excluding hydrogens is 262 g/mol. The maximum Gasteiger partial charge on any atom is 0.0926 e. The van der Waals surface area contributed by atoms with E-state index in [1.165, 1.54) is 18.5 Å². The van der Waals surface area contributed by atoms with Gasteiger partial charge in [0.25, 0.3) is 0 Å². The molecule has 2 aliphatic rings. The summed E-state index contributed by atoms with van der Waals surface area (Å²) in [6.07, 6.45) is 5.83. The lowest BCUT2D eigenvalue weighted by Crippen LogP contribution is -2.58. The van der Waals surface area contributed by atoms with E-state index in [9.17, 15) is 0 Å². The van der Waals surface area contributed by atoms with E-state index in [0.29, 0.717) is 6.04 Å². The molecule has 0 bridgehead atoms. The van der Waals surface area contributed by atoms with Crippen molar-refractivity contribution in [3.63, 3.8) is 0 Å². The van der Waals surface area contributed by atoms with Crippen LogP contribution in [0.4, 0.5) is 5.69 Å². The monoisotopic (exact) mass is 289 g/mol. The van der Waals surface area contributed by atoms with Gasteiger partial charge in [-0.2, -0.15) is 0 Å². The van der Waals surface area contributed by atoms with E-state index >= 15 is 0 Å². The fourth-order valence-corrected chi connectivity index (χ4v) is 2.98. The van der Waals surface area contributed by atoms with E-state index in [4.69, 9.17) is 4.74 Å². The highest BCUT2D eigenvalue weighted by atomic mass is 16.5. The molecule has 0 unspecified atom stereocenters. The quantitative estimate of drug-likeness (QED) is 0.903. The van der Waals surface area contributed by atoms with Gasteiger partial charge < -0.3 is 15.0 Å². The van der Waals surface area contributed by atoms with Crippen molar-refractivity contribution in [1.82, 2.24) is 10.3 Å². The van der Waals surface area contributed by atoms with Crippen molar-refractivity contribution in [1.29, 1.82) is 0 Å². The van der Waals surface area contributed by atoms with Crippen LogP contribution in [0.5, 0.6) is 0 Å². The number of anilines is 1. The van der Waals surface area contributed by atoms with Crippen LogP contribution in [0.1, 0.15) is 39.3 Å². The summed E-state index contributed by atoms with van der Waals surface area (Å²) in [5.41, 5.74) is 2.39. The second kappa shape index (κ2) is 5.93. The summed E-state index contributed by atoms with van der Waals surface area (Å²) in [5, 5.41) is 3.72. The van der Waals surface area contributed by atoms with Crippen molar-refractivity contribution in [3.8, 4) is 0 Å². The molecule has 1 aromatic rings. The van der Waals surface area contributed by atoms with Gasteiger partial charge in [0.1, 0.15) is 0 Å². The fourth-order valence-electron chi connectivity index (χ4n) is 2.98. The van der Waals surface area contributed by atoms with Crippen LogP contribution < -0.4 is 10.2 Å².